The van der Waals surface area contributed by atoms with E-state index >= 15 is 0 Å². The third kappa shape index (κ3) is 4.75. The number of nitrogens with zero attached hydrogens (tertiary/aromatic N) is 2. The molecule has 25 heavy (non-hydrogen) atoms. The van der Waals surface area contributed by atoms with E-state index in [4.69, 9.17) is 9.47 Å². The van der Waals surface area contributed by atoms with Gasteiger partial charge in [0.2, 0.25) is 0 Å². The van der Waals surface area contributed by atoms with E-state index in [9.17, 15) is 9.59 Å². The molecule has 0 radical (unpaired) electrons. The van der Waals surface area contributed by atoms with Crippen LogP contribution in [0, 0.1) is 11.8 Å². The number of hydrogen-bond donors (Lipinski definition) is 0. The quantitative estimate of drug-likeness (QED) is 0.403. The van der Waals surface area contributed by atoms with E-state index in [2.05, 4.69) is 16.7 Å². The molecule has 1 aliphatic heterocycles. The average Bonchev–Trinajstić information content (AvgIpc) is 2.55. The molecule has 6 nitrogen and oxygen atoms in total. The van der Waals surface area contributed by atoms with Crippen LogP contribution in [-0.2, 0) is 19.1 Å². The Morgan fingerprint density at radius 1 is 1.20 bits per heavy atom. The zero-order valence-electron chi connectivity index (χ0n) is 15.5. The first kappa shape index (κ1) is 20.5. The summed E-state index contributed by atoms with van der Waals surface area (Å²) in [6.45, 7) is 12.9. The molecule has 1 rings (SSSR count). The lowest BCUT2D eigenvalue weighted by Gasteiger charge is -2.31. The lowest BCUT2D eigenvalue weighted by atomic mass is 9.77. The van der Waals surface area contributed by atoms with Crippen LogP contribution in [0.4, 0.5) is 0 Å². The van der Waals surface area contributed by atoms with Crippen LogP contribution in [0.25, 0.3) is 0 Å². The fourth-order valence-corrected chi connectivity index (χ4v) is 2.82. The van der Waals surface area contributed by atoms with Crippen molar-refractivity contribution in [2.75, 3.05) is 13.2 Å². The van der Waals surface area contributed by atoms with Crippen LogP contribution in [0.1, 0.15) is 34.6 Å². The van der Waals surface area contributed by atoms with Gasteiger partial charge in [0.25, 0.3) is 0 Å². The van der Waals surface area contributed by atoms with Gasteiger partial charge in [-0.1, -0.05) is 12.2 Å². The molecule has 0 aromatic carbocycles. The Hall–Kier alpha value is -2.50. The number of allylic oxidation sites excluding steroid dienone is 5. The van der Waals surface area contributed by atoms with Crippen molar-refractivity contribution in [2.45, 2.75) is 34.6 Å². The van der Waals surface area contributed by atoms with Crippen LogP contribution in [0.5, 0.6) is 0 Å². The van der Waals surface area contributed by atoms with Gasteiger partial charge in [-0.2, -0.15) is 0 Å². The second-order valence-electron chi connectivity index (χ2n) is 5.46. The predicted octanol–water partition coefficient (Wildman–Crippen LogP) is 3.25. The molecule has 0 aliphatic carbocycles. The van der Waals surface area contributed by atoms with Crippen LogP contribution < -0.4 is 0 Å². The number of carbonyl (C=O) groups excluding carboxylic acids is 2. The van der Waals surface area contributed by atoms with Gasteiger partial charge in [0.05, 0.1) is 24.7 Å². The number of carbonyl (C=O) groups is 2. The van der Waals surface area contributed by atoms with Crippen molar-refractivity contribution in [3.8, 4) is 0 Å². The summed E-state index contributed by atoms with van der Waals surface area (Å²) in [7, 11) is 0. The molecule has 0 bridgehead atoms. The highest BCUT2D eigenvalue weighted by Gasteiger charge is 2.43. The van der Waals surface area contributed by atoms with Crippen LogP contribution in [0.3, 0.4) is 0 Å². The van der Waals surface area contributed by atoms with Gasteiger partial charge in [-0.05, 0) is 47.4 Å². The molecule has 0 N–H and O–H groups in total. The summed E-state index contributed by atoms with van der Waals surface area (Å²) in [5, 5.41) is 0. The second-order valence-corrected chi connectivity index (χ2v) is 5.46. The summed E-state index contributed by atoms with van der Waals surface area (Å²) in [4.78, 5) is 33.5. The Labute approximate surface area is 149 Å². The Kier molecular flexibility index (Phi) is 7.98. The highest BCUT2D eigenvalue weighted by Crippen LogP contribution is 2.38. The molecule has 0 aromatic rings. The molecule has 6 heteroatoms. The topological polar surface area (TPSA) is 77.3 Å². The predicted molar refractivity (Wildman–Crippen MR) is 98.5 cm³/mol. The number of hydrogen-bond acceptors (Lipinski definition) is 6. The number of esters is 2. The summed E-state index contributed by atoms with van der Waals surface area (Å²) in [5.74, 6) is -2.35. The van der Waals surface area contributed by atoms with Crippen molar-refractivity contribution >= 4 is 24.4 Å². The zero-order chi connectivity index (χ0) is 19.0. The minimum atomic E-state index is -0.745. The maximum Gasteiger partial charge on any atom is 0.336 e. The third-order valence-corrected chi connectivity index (χ3v) is 3.82. The van der Waals surface area contributed by atoms with Crippen molar-refractivity contribution in [1.29, 1.82) is 0 Å². The molecule has 0 aromatic heterocycles. The normalized spacial score (nSPS) is 21.2. The van der Waals surface area contributed by atoms with Gasteiger partial charge in [0, 0.05) is 17.1 Å². The maximum atomic E-state index is 12.6. The van der Waals surface area contributed by atoms with Gasteiger partial charge in [0.15, 0.2) is 0 Å². The first-order valence-corrected chi connectivity index (χ1v) is 8.32. The molecule has 1 heterocycles. The number of ether oxygens (including phenoxy) is 2. The summed E-state index contributed by atoms with van der Waals surface area (Å²) >= 11 is 0. The molecule has 0 spiro atoms. The first-order valence-electron chi connectivity index (χ1n) is 8.32. The third-order valence-electron chi connectivity index (χ3n) is 3.82. The van der Waals surface area contributed by atoms with Crippen LogP contribution in [0.2, 0.25) is 0 Å². The smallest absolute Gasteiger partial charge is 0.336 e. The maximum absolute atomic E-state index is 12.6. The molecule has 136 valence electrons. The molecule has 0 amide bonds. The van der Waals surface area contributed by atoms with E-state index in [1.807, 2.05) is 13.0 Å². The highest BCUT2D eigenvalue weighted by atomic mass is 16.5. The minimum Gasteiger partial charge on any atom is -0.465 e. The van der Waals surface area contributed by atoms with Crippen molar-refractivity contribution in [3.05, 3.63) is 35.2 Å². The fraction of sp³-hybridized carbons (Fsp3) is 0.474. The summed E-state index contributed by atoms with van der Waals surface area (Å²) < 4.78 is 10.4. The van der Waals surface area contributed by atoms with E-state index in [0.29, 0.717) is 22.7 Å². The summed E-state index contributed by atoms with van der Waals surface area (Å²) in [5.41, 5.74) is 1.89. The molecule has 0 saturated carbocycles. The molecule has 0 fully saturated rings. The molecule has 2 atom stereocenters. The SMILES string of the molecule is C=N/C(=C\C=CC)C1C(C(=O)OCC)=C(C)N=C(C)C1C(=O)OCC. The summed E-state index contributed by atoms with van der Waals surface area (Å²) in [6.07, 6.45) is 5.34. The Balaban J connectivity index is 3.57. The Morgan fingerprint density at radius 2 is 1.84 bits per heavy atom. The zero-order valence-corrected chi connectivity index (χ0v) is 15.5. The molecular weight excluding hydrogens is 320 g/mol. The van der Waals surface area contributed by atoms with Gasteiger partial charge in [-0.3, -0.25) is 14.8 Å². The summed E-state index contributed by atoms with van der Waals surface area (Å²) in [6, 6.07) is 0. The molecule has 0 saturated heterocycles. The molecule has 1 aliphatic rings. The van der Waals surface area contributed by atoms with E-state index in [-0.39, 0.29) is 13.2 Å². The van der Waals surface area contributed by atoms with Crippen LogP contribution in [0.15, 0.2) is 45.2 Å². The van der Waals surface area contributed by atoms with Crippen molar-refractivity contribution in [2.24, 2.45) is 21.8 Å². The monoisotopic (exact) mass is 346 g/mol. The molecule has 2 unspecified atom stereocenters. The van der Waals surface area contributed by atoms with E-state index in [0.717, 1.165) is 0 Å². The van der Waals surface area contributed by atoms with Crippen molar-refractivity contribution < 1.29 is 19.1 Å². The van der Waals surface area contributed by atoms with Gasteiger partial charge in [0.1, 0.15) is 5.92 Å². The van der Waals surface area contributed by atoms with E-state index in [1.54, 1.807) is 39.8 Å². The Bertz CT molecular complexity index is 656. The van der Waals surface area contributed by atoms with E-state index in [1.165, 1.54) is 0 Å². The van der Waals surface area contributed by atoms with Gasteiger partial charge in [-0.25, -0.2) is 4.79 Å². The second kappa shape index (κ2) is 9.71. The fourth-order valence-electron chi connectivity index (χ4n) is 2.82. The van der Waals surface area contributed by atoms with Gasteiger partial charge in [-0.15, -0.1) is 0 Å². The number of rotatable bonds is 7. The average molecular weight is 346 g/mol. The number of aliphatic imine (C=N–C) groups is 2. The lowest BCUT2D eigenvalue weighted by Crippen LogP contribution is -2.38. The van der Waals surface area contributed by atoms with E-state index < -0.39 is 23.8 Å². The van der Waals surface area contributed by atoms with Crippen molar-refractivity contribution in [3.63, 3.8) is 0 Å². The van der Waals surface area contributed by atoms with Crippen LogP contribution in [-0.4, -0.2) is 37.6 Å². The molecular formula is C19H26N2O4. The van der Waals surface area contributed by atoms with Crippen LogP contribution >= 0.6 is 0 Å². The highest BCUT2D eigenvalue weighted by molar-refractivity contribution is 6.06. The van der Waals surface area contributed by atoms with Crippen molar-refractivity contribution in [1.82, 2.24) is 0 Å². The van der Waals surface area contributed by atoms with Gasteiger partial charge < -0.3 is 9.47 Å². The van der Waals surface area contributed by atoms with Gasteiger partial charge >= 0.3 is 11.9 Å². The largest absolute Gasteiger partial charge is 0.465 e. The standard InChI is InChI=1S/C19H26N2O4/c1-7-10-11-14(20-6)17-15(18(22)24-8-2)12(4)21-13(5)16(17)19(23)25-9-3/h7,10-11,15,17H,6,8-9H2,1-5H3/b10-7?,14-11-. The minimum absolute atomic E-state index is 0.227. The first-order chi connectivity index (χ1) is 11.9. The Morgan fingerprint density at radius 3 is 2.36 bits per heavy atom. The lowest BCUT2D eigenvalue weighted by molar-refractivity contribution is -0.146.